The van der Waals surface area contributed by atoms with Crippen molar-refractivity contribution in [1.29, 1.82) is 0 Å². The lowest BCUT2D eigenvalue weighted by Crippen LogP contribution is -2.09. The number of carbonyl (C=O) groups is 4. The van der Waals surface area contributed by atoms with Crippen LogP contribution >= 0.6 is 0 Å². The summed E-state index contributed by atoms with van der Waals surface area (Å²) < 4.78 is 31.9. The maximum atomic E-state index is 12.3. The molecule has 0 aliphatic rings. The minimum absolute atomic E-state index is 0.330. The number of rotatable bonds is 23. The summed E-state index contributed by atoms with van der Waals surface area (Å²) in [7, 11) is 0. The fraction of sp³-hybridized carbons (Fsp3) is 0.319. The van der Waals surface area contributed by atoms with E-state index in [0.29, 0.717) is 60.4 Å². The van der Waals surface area contributed by atoms with Crippen molar-refractivity contribution in [3.05, 3.63) is 139 Å². The van der Waals surface area contributed by atoms with E-state index >= 15 is 0 Å². The highest BCUT2D eigenvalue weighted by Crippen LogP contribution is 2.21. The van der Waals surface area contributed by atoms with Gasteiger partial charge in [0.25, 0.3) is 0 Å². The highest BCUT2D eigenvalue weighted by Gasteiger charge is 2.11. The quantitative estimate of drug-likeness (QED) is 0.0311. The van der Waals surface area contributed by atoms with Gasteiger partial charge in [0.05, 0.1) is 30.9 Å². The molecule has 0 unspecified atom stereocenters. The van der Waals surface area contributed by atoms with Crippen LogP contribution in [0, 0.1) is 0 Å². The van der Waals surface area contributed by atoms with Gasteiger partial charge in [-0.2, -0.15) is 0 Å². The van der Waals surface area contributed by atoms with E-state index in [0.717, 1.165) is 43.6 Å². The van der Waals surface area contributed by atoms with Gasteiger partial charge < -0.3 is 28.4 Å². The van der Waals surface area contributed by atoms with Gasteiger partial charge in [0.2, 0.25) is 0 Å². The normalized spacial score (nSPS) is 10.2. The molecule has 10 nitrogen and oxygen atoms in total. The molecule has 0 atom stereocenters. The topological polar surface area (TPSA) is 124 Å². The zero-order valence-corrected chi connectivity index (χ0v) is 33.1. The summed E-state index contributed by atoms with van der Waals surface area (Å²) >= 11 is 0. The van der Waals surface area contributed by atoms with Crippen molar-refractivity contribution >= 4 is 23.9 Å². The molecule has 0 saturated carbocycles. The van der Waals surface area contributed by atoms with Crippen molar-refractivity contribution in [3.8, 4) is 28.7 Å². The van der Waals surface area contributed by atoms with Crippen LogP contribution in [0.5, 0.6) is 28.7 Å². The van der Waals surface area contributed by atoms with Crippen LogP contribution < -0.4 is 23.7 Å². The number of hydrogen-bond acceptors (Lipinski definition) is 10. The van der Waals surface area contributed by atoms with E-state index in [1.807, 2.05) is 24.3 Å². The second kappa shape index (κ2) is 26.6. The van der Waals surface area contributed by atoms with Gasteiger partial charge in [0.1, 0.15) is 28.7 Å². The Kier molecular flexibility index (Phi) is 21.1. The highest BCUT2D eigenvalue weighted by molar-refractivity contribution is 5.92. The molecule has 0 amide bonds. The third-order valence-electron chi connectivity index (χ3n) is 8.29. The largest absolute Gasteiger partial charge is 0.494 e. The molecule has 0 bridgehead atoms. The van der Waals surface area contributed by atoms with Crippen LogP contribution in [0.2, 0.25) is 0 Å². The first kappa shape index (κ1) is 45.2. The monoisotopic (exact) mass is 778 g/mol. The van der Waals surface area contributed by atoms with Crippen LogP contribution in [-0.4, -0.2) is 43.7 Å². The van der Waals surface area contributed by atoms with E-state index in [9.17, 15) is 19.2 Å². The van der Waals surface area contributed by atoms with Crippen molar-refractivity contribution in [2.24, 2.45) is 0 Å². The van der Waals surface area contributed by atoms with Crippen molar-refractivity contribution in [1.82, 2.24) is 0 Å². The Balaban J connectivity index is 0.000000307. The number of benzene rings is 4. The van der Waals surface area contributed by atoms with Gasteiger partial charge >= 0.3 is 23.9 Å². The average Bonchev–Trinajstić information content (AvgIpc) is 3.23. The van der Waals surface area contributed by atoms with Crippen LogP contribution in [0.25, 0.3) is 0 Å². The lowest BCUT2D eigenvalue weighted by molar-refractivity contribution is -0.138. The highest BCUT2D eigenvalue weighted by atomic mass is 16.5. The first-order valence-corrected chi connectivity index (χ1v) is 19.5. The Morgan fingerprint density at radius 2 is 0.860 bits per heavy atom. The number of aryl methyl sites for hydroxylation is 1. The summed E-state index contributed by atoms with van der Waals surface area (Å²) in [6, 6.07) is 27.6. The van der Waals surface area contributed by atoms with E-state index < -0.39 is 23.9 Å². The number of hydrogen-bond donors (Lipinski definition) is 0. The third-order valence-corrected chi connectivity index (χ3v) is 8.29. The third kappa shape index (κ3) is 18.4. The van der Waals surface area contributed by atoms with E-state index in [1.54, 1.807) is 48.5 Å². The summed E-state index contributed by atoms with van der Waals surface area (Å²) in [6.45, 7) is 12.6. The van der Waals surface area contributed by atoms with Gasteiger partial charge in [-0.3, -0.25) is 0 Å². The Hall–Kier alpha value is -6.16. The van der Waals surface area contributed by atoms with Crippen molar-refractivity contribution in [3.63, 3.8) is 0 Å². The molecule has 0 heterocycles. The lowest BCUT2D eigenvalue weighted by atomic mass is 10.1. The van der Waals surface area contributed by atoms with Crippen molar-refractivity contribution in [2.75, 3.05) is 19.8 Å². The predicted octanol–water partition coefficient (Wildman–Crippen LogP) is 10.5. The van der Waals surface area contributed by atoms with Crippen LogP contribution in [0.3, 0.4) is 0 Å². The zero-order chi connectivity index (χ0) is 41.1. The van der Waals surface area contributed by atoms with Crippen LogP contribution in [-0.2, 0) is 20.7 Å². The maximum Gasteiger partial charge on any atom is 0.343 e. The summed E-state index contributed by atoms with van der Waals surface area (Å²) in [6.07, 6.45) is 12.9. The lowest BCUT2D eigenvalue weighted by Gasteiger charge is -2.08. The minimum atomic E-state index is -0.557. The van der Waals surface area contributed by atoms with E-state index in [2.05, 4.69) is 27.0 Å². The molecule has 0 fully saturated rings. The predicted molar refractivity (Wildman–Crippen MR) is 220 cm³/mol. The number of ether oxygens (including phenoxy) is 6. The summed E-state index contributed by atoms with van der Waals surface area (Å²) in [5, 5.41) is 0. The Morgan fingerprint density at radius 3 is 1.37 bits per heavy atom. The fourth-order valence-electron chi connectivity index (χ4n) is 5.09. The fourth-order valence-corrected chi connectivity index (χ4v) is 5.09. The molecule has 0 aliphatic carbocycles. The van der Waals surface area contributed by atoms with E-state index in [-0.39, 0.29) is 0 Å². The molecule has 0 saturated heterocycles. The van der Waals surface area contributed by atoms with Crippen molar-refractivity contribution < 1.29 is 47.6 Å². The van der Waals surface area contributed by atoms with Crippen LogP contribution in [0.4, 0.5) is 0 Å². The molecular weight excluding hydrogens is 725 g/mol. The molecule has 0 spiro atoms. The van der Waals surface area contributed by atoms with Gasteiger partial charge in [-0.1, -0.05) is 71.2 Å². The smallest absolute Gasteiger partial charge is 0.343 e. The molecular formula is C47H54O10. The SMILES string of the molecule is C=CC(=O)OCCCCOc1ccc(C(=O)Oc2ccc(CCCCC)cc2)cc1.C=CC(=O)Oc1ccc(C(=O)Oc2ccc(OCCCCCC)cc2)cc1. The van der Waals surface area contributed by atoms with Gasteiger partial charge in [-0.15, -0.1) is 0 Å². The molecule has 4 aromatic carbocycles. The first-order valence-electron chi connectivity index (χ1n) is 19.5. The second-order valence-corrected chi connectivity index (χ2v) is 12.9. The molecule has 4 aromatic rings. The van der Waals surface area contributed by atoms with Crippen LogP contribution in [0.1, 0.15) is 97.9 Å². The summed E-state index contributed by atoms with van der Waals surface area (Å²) in [5.74, 6) is 0.855. The molecule has 0 radical (unpaired) electrons. The standard InChI is InChI=1S/C25H30O5.C22H24O5/c1-3-5-6-9-20-10-14-23(15-11-20)30-25(27)21-12-16-22(17-13-21)28-18-7-8-19-29-24(26)4-2;1-3-5-6-7-16-25-18-12-14-20(15-13-18)27-22(24)17-8-10-19(11-9-17)26-21(23)4-2/h4,10-17H,2-3,5-9,18-19H2,1H3;4,8-15H,2-3,5-7,16H2,1H3. The Morgan fingerprint density at radius 1 is 0.456 bits per heavy atom. The molecule has 0 N–H and O–H groups in total. The van der Waals surface area contributed by atoms with Gasteiger partial charge in [0.15, 0.2) is 0 Å². The molecule has 57 heavy (non-hydrogen) atoms. The molecule has 302 valence electrons. The average molecular weight is 779 g/mol. The molecule has 10 heteroatoms. The van der Waals surface area contributed by atoms with Gasteiger partial charge in [0, 0.05) is 12.2 Å². The number of carbonyl (C=O) groups excluding carboxylic acids is 4. The maximum absolute atomic E-state index is 12.3. The van der Waals surface area contributed by atoms with Crippen molar-refractivity contribution in [2.45, 2.75) is 78.1 Å². The summed E-state index contributed by atoms with van der Waals surface area (Å²) in [4.78, 5) is 46.6. The second-order valence-electron chi connectivity index (χ2n) is 12.9. The zero-order valence-electron chi connectivity index (χ0n) is 33.1. The number of esters is 4. The van der Waals surface area contributed by atoms with Gasteiger partial charge in [-0.05, 0) is 123 Å². The minimum Gasteiger partial charge on any atom is -0.494 e. The van der Waals surface area contributed by atoms with Crippen LogP contribution in [0.15, 0.2) is 122 Å². The summed E-state index contributed by atoms with van der Waals surface area (Å²) in [5.41, 5.74) is 2.07. The van der Waals surface area contributed by atoms with Gasteiger partial charge in [-0.25, -0.2) is 19.2 Å². The molecule has 0 aromatic heterocycles. The van der Waals surface area contributed by atoms with E-state index in [1.165, 1.54) is 61.9 Å². The Labute approximate surface area is 336 Å². The Bertz CT molecular complexity index is 1810. The molecule has 4 rings (SSSR count). The molecule has 0 aliphatic heterocycles. The number of unbranched alkanes of at least 4 members (excludes halogenated alkanes) is 6. The van der Waals surface area contributed by atoms with E-state index in [4.69, 9.17) is 28.4 Å². The first-order chi connectivity index (χ1) is 27.7.